The van der Waals surface area contributed by atoms with Gasteiger partial charge in [-0.15, -0.1) is 0 Å². The Morgan fingerprint density at radius 1 is 0.800 bits per heavy atom. The lowest BCUT2D eigenvalue weighted by molar-refractivity contribution is 0.0628. The van der Waals surface area contributed by atoms with Crippen molar-refractivity contribution in [3.63, 3.8) is 0 Å². The molecule has 2 saturated carbocycles. The van der Waals surface area contributed by atoms with Gasteiger partial charge in [0.15, 0.2) is 0 Å². The summed E-state index contributed by atoms with van der Waals surface area (Å²) >= 11 is 0. The van der Waals surface area contributed by atoms with Crippen LogP contribution in [0.2, 0.25) is 0 Å². The molecule has 0 aromatic heterocycles. The van der Waals surface area contributed by atoms with Crippen LogP contribution in [0.25, 0.3) is 0 Å². The Morgan fingerprint density at radius 3 is 2.43 bits per heavy atom. The topological polar surface area (TPSA) is 0 Å². The minimum absolute atomic E-state index is 0.618. The molecule has 0 heteroatoms. The van der Waals surface area contributed by atoms with Crippen molar-refractivity contribution in [3.05, 3.63) is 11.6 Å². The van der Waals surface area contributed by atoms with Crippen molar-refractivity contribution in [1.82, 2.24) is 0 Å². The van der Waals surface area contributed by atoms with Gasteiger partial charge in [-0.2, -0.15) is 0 Å². The van der Waals surface area contributed by atoms with E-state index in [2.05, 4.69) is 26.8 Å². The van der Waals surface area contributed by atoms with Crippen LogP contribution in [0.15, 0.2) is 11.6 Å². The molecule has 0 aromatic carbocycles. The van der Waals surface area contributed by atoms with Gasteiger partial charge in [-0.1, -0.05) is 70.9 Å². The summed E-state index contributed by atoms with van der Waals surface area (Å²) < 4.78 is 0. The lowest BCUT2D eigenvalue weighted by atomic mass is 9.61. The van der Waals surface area contributed by atoms with E-state index in [0.29, 0.717) is 5.41 Å². The van der Waals surface area contributed by atoms with E-state index in [9.17, 15) is 0 Å². The first-order chi connectivity index (χ1) is 14.5. The van der Waals surface area contributed by atoms with Crippen LogP contribution >= 0.6 is 0 Å². The van der Waals surface area contributed by atoms with Gasteiger partial charge in [0.25, 0.3) is 0 Å². The third-order valence-electron chi connectivity index (χ3n) is 10.4. The summed E-state index contributed by atoms with van der Waals surface area (Å²) in [4.78, 5) is 0. The van der Waals surface area contributed by atoms with E-state index < -0.39 is 0 Å². The van der Waals surface area contributed by atoms with Crippen molar-refractivity contribution in [2.75, 3.05) is 0 Å². The summed E-state index contributed by atoms with van der Waals surface area (Å²) in [5.41, 5.74) is 2.53. The van der Waals surface area contributed by atoms with Gasteiger partial charge in [0.1, 0.15) is 0 Å². The SMILES string of the molecule is CC(C)C1CCC2CCC3CCC(CC4CC=C3CCCCCCC4)C(C)(CC1)C2. The number of hydrogen-bond donors (Lipinski definition) is 0. The summed E-state index contributed by atoms with van der Waals surface area (Å²) in [5, 5.41) is 0. The molecule has 4 rings (SSSR count). The molecule has 6 bridgehead atoms. The Balaban J connectivity index is 1.63. The zero-order valence-corrected chi connectivity index (χ0v) is 20.8. The highest BCUT2D eigenvalue weighted by molar-refractivity contribution is 5.10. The molecular formula is C30H52. The van der Waals surface area contributed by atoms with Gasteiger partial charge in [-0.05, 0) is 118 Å². The molecule has 0 aliphatic heterocycles. The highest BCUT2D eigenvalue weighted by Crippen LogP contribution is 2.52. The van der Waals surface area contributed by atoms with Crippen molar-refractivity contribution >= 4 is 0 Å². The Bertz CT molecular complexity index is 556. The maximum atomic E-state index is 2.80. The minimum Gasteiger partial charge on any atom is -0.0848 e. The second kappa shape index (κ2) is 10.6. The van der Waals surface area contributed by atoms with E-state index in [-0.39, 0.29) is 0 Å². The molecule has 6 unspecified atom stereocenters. The Kier molecular flexibility index (Phi) is 8.08. The van der Waals surface area contributed by atoms with Gasteiger partial charge in [-0.3, -0.25) is 0 Å². The van der Waals surface area contributed by atoms with Crippen molar-refractivity contribution in [3.8, 4) is 0 Å². The quantitative estimate of drug-likeness (QED) is 0.376. The fraction of sp³-hybridized carbons (Fsp3) is 0.933. The second-order valence-electron chi connectivity index (χ2n) is 12.8. The number of fused-ring (bicyclic) bond motifs is 9. The molecule has 4 aliphatic carbocycles. The van der Waals surface area contributed by atoms with Crippen molar-refractivity contribution in [2.24, 2.45) is 40.9 Å². The van der Waals surface area contributed by atoms with E-state index in [4.69, 9.17) is 0 Å². The average Bonchev–Trinajstić information content (AvgIpc) is 2.79. The van der Waals surface area contributed by atoms with Crippen LogP contribution in [0.3, 0.4) is 0 Å². The zero-order valence-electron chi connectivity index (χ0n) is 20.8. The van der Waals surface area contributed by atoms with Crippen LogP contribution < -0.4 is 0 Å². The molecule has 0 saturated heterocycles. The van der Waals surface area contributed by atoms with Gasteiger partial charge in [-0.25, -0.2) is 0 Å². The van der Waals surface area contributed by atoms with E-state index in [1.807, 2.05) is 5.57 Å². The summed E-state index contributed by atoms with van der Waals surface area (Å²) in [6, 6.07) is 0. The molecule has 0 aromatic rings. The molecule has 2 fully saturated rings. The van der Waals surface area contributed by atoms with Crippen LogP contribution in [-0.4, -0.2) is 0 Å². The van der Waals surface area contributed by atoms with Crippen LogP contribution in [0.5, 0.6) is 0 Å². The predicted octanol–water partition coefficient (Wildman–Crippen LogP) is 9.73. The first-order valence-corrected chi connectivity index (χ1v) is 14.2. The Labute approximate surface area is 189 Å². The summed E-state index contributed by atoms with van der Waals surface area (Å²) in [6.45, 7) is 7.76. The maximum Gasteiger partial charge on any atom is -0.0203 e. The van der Waals surface area contributed by atoms with Gasteiger partial charge >= 0.3 is 0 Å². The Morgan fingerprint density at radius 2 is 1.57 bits per heavy atom. The summed E-state index contributed by atoms with van der Waals surface area (Å²) in [5.74, 6) is 5.77. The fourth-order valence-electron chi connectivity index (χ4n) is 8.18. The normalized spacial score (nSPS) is 41.7. The lowest BCUT2D eigenvalue weighted by Gasteiger charge is -2.44. The van der Waals surface area contributed by atoms with Crippen LogP contribution in [0.4, 0.5) is 0 Å². The second-order valence-corrected chi connectivity index (χ2v) is 12.8. The first kappa shape index (κ1) is 22.9. The number of allylic oxidation sites excluding steroid dienone is 2. The van der Waals surface area contributed by atoms with Crippen molar-refractivity contribution < 1.29 is 0 Å². The molecule has 172 valence electrons. The molecule has 30 heavy (non-hydrogen) atoms. The fourth-order valence-corrected chi connectivity index (χ4v) is 8.18. The highest BCUT2D eigenvalue weighted by Gasteiger charge is 2.41. The molecule has 4 aliphatic rings. The predicted molar refractivity (Wildman–Crippen MR) is 132 cm³/mol. The standard InChI is InChI=1S/C30H52/c1-23(2)26-14-12-25-13-16-28-17-18-29(30(3,22-25)20-19-26)21-24-9-7-5-4-6-8-10-27(28)15-11-24/h15,23-26,28-29H,4-14,16-22H2,1-3H3. The van der Waals surface area contributed by atoms with Crippen molar-refractivity contribution in [2.45, 2.75) is 136 Å². The smallest absolute Gasteiger partial charge is 0.0203 e. The highest BCUT2D eigenvalue weighted by atomic mass is 14.5. The molecular weight excluding hydrogens is 360 g/mol. The molecule has 0 nitrogen and oxygen atoms in total. The minimum atomic E-state index is 0.618. The third kappa shape index (κ3) is 5.75. The van der Waals surface area contributed by atoms with Gasteiger partial charge < -0.3 is 0 Å². The number of rotatable bonds is 1. The lowest BCUT2D eigenvalue weighted by Crippen LogP contribution is -2.34. The molecule has 6 atom stereocenters. The zero-order chi connectivity index (χ0) is 21.0. The Hall–Kier alpha value is -0.260. The molecule has 0 heterocycles. The first-order valence-electron chi connectivity index (χ1n) is 14.2. The maximum absolute atomic E-state index is 2.80. The van der Waals surface area contributed by atoms with Gasteiger partial charge in [0, 0.05) is 0 Å². The van der Waals surface area contributed by atoms with E-state index in [1.54, 1.807) is 12.8 Å². The summed E-state index contributed by atoms with van der Waals surface area (Å²) in [7, 11) is 0. The van der Waals surface area contributed by atoms with E-state index in [1.165, 1.54) is 103 Å². The molecule has 0 spiro atoms. The van der Waals surface area contributed by atoms with E-state index in [0.717, 1.165) is 35.5 Å². The third-order valence-corrected chi connectivity index (χ3v) is 10.4. The van der Waals surface area contributed by atoms with Crippen molar-refractivity contribution in [1.29, 1.82) is 0 Å². The summed E-state index contributed by atoms with van der Waals surface area (Å²) in [6.07, 6.45) is 29.9. The van der Waals surface area contributed by atoms with Crippen LogP contribution in [0.1, 0.15) is 136 Å². The number of hydrogen-bond acceptors (Lipinski definition) is 0. The van der Waals surface area contributed by atoms with Crippen LogP contribution in [-0.2, 0) is 0 Å². The van der Waals surface area contributed by atoms with Crippen LogP contribution in [0, 0.1) is 40.9 Å². The largest absolute Gasteiger partial charge is 0.0848 e. The van der Waals surface area contributed by atoms with Gasteiger partial charge in [0.2, 0.25) is 0 Å². The molecule has 0 amide bonds. The molecule has 0 N–H and O–H groups in total. The average molecular weight is 413 g/mol. The van der Waals surface area contributed by atoms with Gasteiger partial charge in [0.05, 0.1) is 0 Å². The van der Waals surface area contributed by atoms with E-state index >= 15 is 0 Å². The molecule has 0 radical (unpaired) electrons. The monoisotopic (exact) mass is 412 g/mol.